The van der Waals surface area contributed by atoms with E-state index in [1.54, 1.807) is 6.92 Å². The van der Waals surface area contributed by atoms with Crippen molar-refractivity contribution in [2.24, 2.45) is 5.41 Å². The summed E-state index contributed by atoms with van der Waals surface area (Å²) in [5, 5.41) is 9.43. The van der Waals surface area contributed by atoms with Crippen LogP contribution in [0.5, 0.6) is 0 Å². The highest BCUT2D eigenvalue weighted by molar-refractivity contribution is 7.89. The van der Waals surface area contributed by atoms with Crippen molar-refractivity contribution in [2.75, 3.05) is 6.61 Å². The molecule has 1 aliphatic carbocycles. The molecule has 21 heavy (non-hydrogen) atoms. The summed E-state index contributed by atoms with van der Waals surface area (Å²) in [5.41, 5.74) is -0.528. The number of halogens is 2. The zero-order valence-electron chi connectivity index (χ0n) is 12.0. The lowest BCUT2D eigenvalue weighted by molar-refractivity contribution is 0.127. The maximum Gasteiger partial charge on any atom is 0.243 e. The Morgan fingerprint density at radius 3 is 2.67 bits per heavy atom. The molecule has 0 bridgehead atoms. The molecule has 0 heterocycles. The van der Waals surface area contributed by atoms with E-state index in [4.69, 9.17) is 0 Å². The van der Waals surface area contributed by atoms with Crippen molar-refractivity contribution in [3.63, 3.8) is 0 Å². The van der Waals surface area contributed by atoms with Crippen LogP contribution in [0.25, 0.3) is 0 Å². The number of aliphatic hydroxyl groups is 1. The third kappa shape index (κ3) is 3.09. The first-order valence-corrected chi connectivity index (χ1v) is 8.27. The van der Waals surface area contributed by atoms with Crippen molar-refractivity contribution in [3.05, 3.63) is 29.3 Å². The van der Waals surface area contributed by atoms with Crippen molar-refractivity contribution in [2.45, 2.75) is 44.0 Å². The van der Waals surface area contributed by atoms with E-state index in [2.05, 4.69) is 4.72 Å². The monoisotopic (exact) mass is 319 g/mol. The Morgan fingerprint density at radius 2 is 2.05 bits per heavy atom. The predicted octanol–water partition coefficient (Wildman–Crippen LogP) is 2.10. The number of sulfonamides is 1. The summed E-state index contributed by atoms with van der Waals surface area (Å²) in [6.45, 7) is 2.98. The van der Waals surface area contributed by atoms with Crippen LogP contribution < -0.4 is 4.72 Å². The van der Waals surface area contributed by atoms with Crippen molar-refractivity contribution in [1.29, 1.82) is 0 Å². The Balaban J connectivity index is 2.33. The molecule has 0 aromatic heterocycles. The van der Waals surface area contributed by atoms with Gasteiger partial charge in [-0.1, -0.05) is 13.3 Å². The normalized spacial score (nSPS) is 26.2. The number of nitrogens with one attached hydrogen (secondary N) is 1. The van der Waals surface area contributed by atoms with Crippen LogP contribution in [0.3, 0.4) is 0 Å². The molecule has 1 aliphatic rings. The fraction of sp³-hybridized carbons (Fsp3) is 0.571. The molecule has 2 atom stereocenters. The van der Waals surface area contributed by atoms with Gasteiger partial charge in [-0.05, 0) is 37.5 Å². The minimum absolute atomic E-state index is 0.0486. The SMILES string of the molecule is Cc1cc(F)c(S(=O)(=O)NC2CCCC2(C)CO)cc1F. The smallest absolute Gasteiger partial charge is 0.243 e. The van der Waals surface area contributed by atoms with Crippen molar-refractivity contribution in [3.8, 4) is 0 Å². The second-order valence-corrected chi connectivity index (χ2v) is 7.59. The van der Waals surface area contributed by atoms with Gasteiger partial charge in [0.2, 0.25) is 10.0 Å². The number of aryl methyl sites for hydroxylation is 1. The summed E-state index contributed by atoms with van der Waals surface area (Å²) in [5.74, 6) is -1.75. The summed E-state index contributed by atoms with van der Waals surface area (Å²) in [6, 6.07) is 1.07. The minimum Gasteiger partial charge on any atom is -0.396 e. The molecule has 0 amide bonds. The van der Waals surface area contributed by atoms with E-state index in [0.29, 0.717) is 18.9 Å². The van der Waals surface area contributed by atoms with Gasteiger partial charge in [-0.15, -0.1) is 0 Å². The molecule has 2 unspecified atom stereocenters. The molecule has 0 radical (unpaired) electrons. The predicted molar refractivity (Wildman–Crippen MR) is 74.2 cm³/mol. The second-order valence-electron chi connectivity index (χ2n) is 5.91. The van der Waals surface area contributed by atoms with Crippen LogP contribution >= 0.6 is 0 Å². The van der Waals surface area contributed by atoms with Crippen LogP contribution in [0, 0.1) is 24.0 Å². The quantitative estimate of drug-likeness (QED) is 0.893. The number of aliphatic hydroxyl groups excluding tert-OH is 1. The van der Waals surface area contributed by atoms with Gasteiger partial charge in [0.15, 0.2) is 0 Å². The second kappa shape index (κ2) is 5.62. The third-order valence-corrected chi connectivity index (χ3v) is 5.73. The van der Waals surface area contributed by atoms with Gasteiger partial charge in [0.05, 0.1) is 0 Å². The Labute approximate surface area is 123 Å². The molecule has 2 rings (SSSR count). The standard InChI is InChI=1S/C14H19F2NO3S/c1-9-6-11(16)12(7-10(9)15)21(19,20)17-13-4-3-5-14(13,2)8-18/h6-7,13,17-18H,3-5,8H2,1-2H3. The number of rotatable bonds is 4. The van der Waals surface area contributed by atoms with E-state index < -0.39 is 38.0 Å². The Hall–Kier alpha value is -1.05. The van der Waals surface area contributed by atoms with Crippen molar-refractivity contribution < 1.29 is 22.3 Å². The molecule has 0 spiro atoms. The molecule has 7 heteroatoms. The first-order valence-electron chi connectivity index (χ1n) is 6.78. The summed E-state index contributed by atoms with van der Waals surface area (Å²) < 4.78 is 54.3. The Morgan fingerprint density at radius 1 is 1.38 bits per heavy atom. The van der Waals surface area contributed by atoms with Gasteiger partial charge in [-0.25, -0.2) is 21.9 Å². The maximum atomic E-state index is 13.8. The number of benzene rings is 1. The van der Waals surface area contributed by atoms with Gasteiger partial charge in [-0.2, -0.15) is 0 Å². The largest absolute Gasteiger partial charge is 0.396 e. The molecule has 4 nitrogen and oxygen atoms in total. The summed E-state index contributed by atoms with van der Waals surface area (Å²) >= 11 is 0. The maximum absolute atomic E-state index is 13.8. The first kappa shape index (κ1) is 16.3. The molecule has 1 saturated carbocycles. The van der Waals surface area contributed by atoms with Crippen molar-refractivity contribution in [1.82, 2.24) is 4.72 Å². The molecular weight excluding hydrogens is 300 g/mol. The van der Waals surface area contributed by atoms with Gasteiger partial charge in [0, 0.05) is 18.1 Å². The van der Waals surface area contributed by atoms with E-state index in [9.17, 15) is 22.3 Å². The van der Waals surface area contributed by atoms with Crippen molar-refractivity contribution >= 4 is 10.0 Å². The molecule has 118 valence electrons. The van der Waals surface area contributed by atoms with E-state index >= 15 is 0 Å². The van der Waals surface area contributed by atoms with E-state index in [1.807, 2.05) is 0 Å². The zero-order valence-corrected chi connectivity index (χ0v) is 12.8. The number of hydrogen-bond acceptors (Lipinski definition) is 3. The Kier molecular flexibility index (Phi) is 4.37. The molecule has 0 saturated heterocycles. The molecule has 0 aliphatic heterocycles. The van der Waals surface area contributed by atoms with Gasteiger partial charge >= 0.3 is 0 Å². The third-order valence-electron chi connectivity index (χ3n) is 4.24. The fourth-order valence-corrected chi connectivity index (χ4v) is 4.19. The van der Waals surface area contributed by atoms with E-state index in [1.165, 1.54) is 6.92 Å². The van der Waals surface area contributed by atoms with Crippen LogP contribution in [0.2, 0.25) is 0 Å². The molecule has 1 aromatic carbocycles. The molecular formula is C14H19F2NO3S. The summed E-state index contributed by atoms with van der Waals surface area (Å²) in [6.07, 6.45) is 2.02. The fourth-order valence-electron chi connectivity index (χ4n) is 2.71. The topological polar surface area (TPSA) is 66.4 Å². The van der Waals surface area contributed by atoms with E-state index in [-0.39, 0.29) is 12.2 Å². The van der Waals surface area contributed by atoms with Gasteiger partial charge in [-0.3, -0.25) is 0 Å². The van der Waals surface area contributed by atoms with Gasteiger partial charge < -0.3 is 5.11 Å². The van der Waals surface area contributed by atoms with Crippen LogP contribution in [-0.4, -0.2) is 26.2 Å². The van der Waals surface area contributed by atoms with Crippen LogP contribution in [0.4, 0.5) is 8.78 Å². The highest BCUT2D eigenvalue weighted by Crippen LogP contribution is 2.38. The lowest BCUT2D eigenvalue weighted by Gasteiger charge is -2.29. The number of hydrogen-bond donors (Lipinski definition) is 2. The lowest BCUT2D eigenvalue weighted by atomic mass is 9.86. The lowest BCUT2D eigenvalue weighted by Crippen LogP contribution is -2.44. The van der Waals surface area contributed by atoms with Crippen LogP contribution in [-0.2, 0) is 10.0 Å². The molecule has 2 N–H and O–H groups in total. The van der Waals surface area contributed by atoms with E-state index in [0.717, 1.165) is 12.5 Å². The minimum atomic E-state index is -4.17. The highest BCUT2D eigenvalue weighted by atomic mass is 32.2. The summed E-state index contributed by atoms with van der Waals surface area (Å²) in [4.78, 5) is -0.696. The first-order chi connectivity index (χ1) is 9.69. The zero-order chi connectivity index (χ0) is 15.8. The van der Waals surface area contributed by atoms with Crippen LogP contribution in [0.1, 0.15) is 31.7 Å². The summed E-state index contributed by atoms with van der Waals surface area (Å²) in [7, 11) is -4.17. The van der Waals surface area contributed by atoms with Gasteiger partial charge in [0.1, 0.15) is 16.5 Å². The van der Waals surface area contributed by atoms with Crippen LogP contribution in [0.15, 0.2) is 17.0 Å². The average molecular weight is 319 g/mol. The van der Waals surface area contributed by atoms with Gasteiger partial charge in [0.25, 0.3) is 0 Å². The molecule has 1 fully saturated rings. The average Bonchev–Trinajstić information content (AvgIpc) is 2.75. The Bertz CT molecular complexity index is 648. The highest BCUT2D eigenvalue weighted by Gasteiger charge is 2.41. The molecule has 1 aromatic rings.